The molecular formula is C16H30N2O4. The summed E-state index contributed by atoms with van der Waals surface area (Å²) in [4.78, 5) is 25.0. The third-order valence-electron chi connectivity index (χ3n) is 3.74. The summed E-state index contributed by atoms with van der Waals surface area (Å²) in [6, 6.07) is 0.225. The Hall–Kier alpha value is -1.30. The second-order valence-corrected chi connectivity index (χ2v) is 7.04. The molecule has 22 heavy (non-hydrogen) atoms. The number of rotatable bonds is 5. The van der Waals surface area contributed by atoms with Crippen LogP contribution in [0, 0.1) is 0 Å². The van der Waals surface area contributed by atoms with Gasteiger partial charge in [0.2, 0.25) is 0 Å². The fourth-order valence-electron chi connectivity index (χ4n) is 2.93. The molecule has 0 aliphatic carbocycles. The topological polar surface area (TPSA) is 78.9 Å². The van der Waals surface area contributed by atoms with Crippen molar-refractivity contribution in [1.82, 2.24) is 10.2 Å². The summed E-state index contributed by atoms with van der Waals surface area (Å²) < 4.78 is 5.29. The van der Waals surface area contributed by atoms with Gasteiger partial charge in [-0.3, -0.25) is 9.69 Å². The van der Waals surface area contributed by atoms with Gasteiger partial charge < -0.3 is 15.2 Å². The SMILES string of the molecule is CCCC1CCC[C@H](NC(=O)OC(C)(C)C)CN1CC(=O)O. The van der Waals surface area contributed by atoms with Gasteiger partial charge in [-0.1, -0.05) is 13.3 Å². The smallest absolute Gasteiger partial charge is 0.407 e. The Morgan fingerprint density at radius 3 is 2.55 bits per heavy atom. The monoisotopic (exact) mass is 314 g/mol. The van der Waals surface area contributed by atoms with Crippen molar-refractivity contribution in [2.75, 3.05) is 13.1 Å². The van der Waals surface area contributed by atoms with E-state index in [1.165, 1.54) is 0 Å². The Balaban J connectivity index is 2.65. The number of nitrogens with zero attached hydrogens (tertiary/aromatic N) is 1. The largest absolute Gasteiger partial charge is 0.480 e. The molecule has 0 bridgehead atoms. The number of carbonyl (C=O) groups is 2. The second-order valence-electron chi connectivity index (χ2n) is 7.04. The van der Waals surface area contributed by atoms with E-state index in [9.17, 15) is 9.59 Å². The first-order chi connectivity index (χ1) is 10.2. The number of likely N-dealkylation sites (tertiary alicyclic amines) is 1. The van der Waals surface area contributed by atoms with Gasteiger partial charge in [0.05, 0.1) is 6.54 Å². The molecule has 1 aliphatic rings. The number of nitrogens with one attached hydrogen (secondary N) is 1. The van der Waals surface area contributed by atoms with E-state index in [1.807, 2.05) is 25.7 Å². The van der Waals surface area contributed by atoms with Gasteiger partial charge in [-0.25, -0.2) is 4.79 Å². The lowest BCUT2D eigenvalue weighted by Gasteiger charge is -2.30. The van der Waals surface area contributed by atoms with Crippen molar-refractivity contribution in [3.05, 3.63) is 0 Å². The third-order valence-corrected chi connectivity index (χ3v) is 3.74. The highest BCUT2D eigenvalue weighted by Gasteiger charge is 2.28. The number of aliphatic carboxylic acids is 1. The Morgan fingerprint density at radius 1 is 1.32 bits per heavy atom. The van der Waals surface area contributed by atoms with Crippen LogP contribution < -0.4 is 5.32 Å². The van der Waals surface area contributed by atoms with Crippen LogP contribution in [0.2, 0.25) is 0 Å². The van der Waals surface area contributed by atoms with Gasteiger partial charge in [0.25, 0.3) is 0 Å². The van der Waals surface area contributed by atoms with Crippen molar-refractivity contribution in [2.24, 2.45) is 0 Å². The van der Waals surface area contributed by atoms with E-state index in [0.29, 0.717) is 6.54 Å². The quantitative estimate of drug-likeness (QED) is 0.815. The van der Waals surface area contributed by atoms with Crippen LogP contribution in [0.5, 0.6) is 0 Å². The molecule has 0 saturated carbocycles. The van der Waals surface area contributed by atoms with Crippen LogP contribution in [-0.2, 0) is 9.53 Å². The molecule has 2 atom stereocenters. The fourth-order valence-corrected chi connectivity index (χ4v) is 2.93. The van der Waals surface area contributed by atoms with Crippen molar-refractivity contribution in [1.29, 1.82) is 0 Å². The van der Waals surface area contributed by atoms with Crippen molar-refractivity contribution in [3.63, 3.8) is 0 Å². The fraction of sp³-hybridized carbons (Fsp3) is 0.875. The molecule has 1 amide bonds. The maximum atomic E-state index is 11.9. The molecule has 0 aromatic carbocycles. The number of carboxylic acids is 1. The molecule has 0 aromatic heterocycles. The molecule has 128 valence electrons. The zero-order valence-corrected chi connectivity index (χ0v) is 14.2. The summed E-state index contributed by atoms with van der Waals surface area (Å²) in [7, 11) is 0. The molecular weight excluding hydrogens is 284 g/mol. The molecule has 1 rings (SSSR count). The average molecular weight is 314 g/mol. The van der Waals surface area contributed by atoms with Crippen LogP contribution >= 0.6 is 0 Å². The lowest BCUT2D eigenvalue weighted by molar-refractivity contribution is -0.139. The van der Waals surface area contributed by atoms with Crippen molar-refractivity contribution >= 4 is 12.1 Å². The highest BCUT2D eigenvalue weighted by molar-refractivity contribution is 5.69. The lowest BCUT2D eigenvalue weighted by atomic mass is 10.0. The summed E-state index contributed by atoms with van der Waals surface area (Å²) in [6.45, 7) is 8.18. The molecule has 1 fully saturated rings. The minimum absolute atomic E-state index is 0.0250. The number of hydrogen-bond acceptors (Lipinski definition) is 4. The number of alkyl carbamates (subject to hydrolysis) is 1. The number of carbonyl (C=O) groups excluding carboxylic acids is 1. The summed E-state index contributed by atoms with van der Waals surface area (Å²) in [5.74, 6) is -0.820. The second kappa shape index (κ2) is 8.36. The van der Waals surface area contributed by atoms with Crippen LogP contribution in [0.3, 0.4) is 0 Å². The van der Waals surface area contributed by atoms with E-state index >= 15 is 0 Å². The first kappa shape index (κ1) is 18.7. The third kappa shape index (κ3) is 7.11. The molecule has 6 heteroatoms. The zero-order valence-electron chi connectivity index (χ0n) is 14.2. The highest BCUT2D eigenvalue weighted by Crippen LogP contribution is 2.21. The van der Waals surface area contributed by atoms with E-state index in [0.717, 1.165) is 32.1 Å². The zero-order chi connectivity index (χ0) is 16.8. The standard InChI is InChI=1S/C16H30N2O4/c1-5-7-13-9-6-8-12(10-18(13)11-14(19)20)17-15(21)22-16(2,3)4/h12-13H,5-11H2,1-4H3,(H,17,21)(H,19,20)/t12-,13?/m0/s1. The Bertz CT molecular complexity index is 379. The minimum Gasteiger partial charge on any atom is -0.480 e. The molecule has 0 aromatic rings. The molecule has 0 spiro atoms. The van der Waals surface area contributed by atoms with E-state index in [2.05, 4.69) is 12.2 Å². The maximum absolute atomic E-state index is 11.9. The molecule has 1 aliphatic heterocycles. The van der Waals surface area contributed by atoms with Crippen molar-refractivity contribution < 1.29 is 19.4 Å². The van der Waals surface area contributed by atoms with E-state index in [1.54, 1.807) is 0 Å². The minimum atomic E-state index is -0.820. The first-order valence-corrected chi connectivity index (χ1v) is 8.16. The summed E-state index contributed by atoms with van der Waals surface area (Å²) in [5, 5.41) is 12.0. The van der Waals surface area contributed by atoms with Crippen LogP contribution in [0.4, 0.5) is 4.79 Å². The molecule has 2 N–H and O–H groups in total. The molecule has 1 heterocycles. The molecule has 1 saturated heterocycles. The van der Waals surface area contributed by atoms with Gasteiger partial charge >= 0.3 is 12.1 Å². The van der Waals surface area contributed by atoms with Crippen LogP contribution in [-0.4, -0.2) is 52.8 Å². The predicted octanol–water partition coefficient (Wildman–Crippen LogP) is 2.62. The first-order valence-electron chi connectivity index (χ1n) is 8.16. The molecule has 1 unspecified atom stereocenters. The normalized spacial score (nSPS) is 23.6. The number of carboxylic acid groups (broad SMARTS) is 1. The van der Waals surface area contributed by atoms with Crippen LogP contribution in [0.25, 0.3) is 0 Å². The van der Waals surface area contributed by atoms with Crippen LogP contribution in [0.1, 0.15) is 59.8 Å². The Morgan fingerprint density at radius 2 is 2.00 bits per heavy atom. The van der Waals surface area contributed by atoms with E-state index < -0.39 is 17.7 Å². The van der Waals surface area contributed by atoms with E-state index in [-0.39, 0.29) is 18.6 Å². The Kier molecular flexibility index (Phi) is 7.13. The molecule has 0 radical (unpaired) electrons. The summed E-state index contributed by atoms with van der Waals surface area (Å²) in [6.07, 6.45) is 4.42. The highest BCUT2D eigenvalue weighted by atomic mass is 16.6. The van der Waals surface area contributed by atoms with Crippen LogP contribution in [0.15, 0.2) is 0 Å². The van der Waals surface area contributed by atoms with Gasteiger partial charge in [-0.15, -0.1) is 0 Å². The van der Waals surface area contributed by atoms with E-state index in [4.69, 9.17) is 9.84 Å². The van der Waals surface area contributed by atoms with Crippen molar-refractivity contribution in [2.45, 2.75) is 77.5 Å². The number of amides is 1. The number of hydrogen-bond donors (Lipinski definition) is 2. The lowest BCUT2D eigenvalue weighted by Crippen LogP contribution is -2.48. The number of ether oxygens (including phenoxy) is 1. The van der Waals surface area contributed by atoms with Gasteiger partial charge in [-0.2, -0.15) is 0 Å². The van der Waals surface area contributed by atoms with Gasteiger partial charge in [0.15, 0.2) is 0 Å². The van der Waals surface area contributed by atoms with Gasteiger partial charge in [0.1, 0.15) is 5.60 Å². The summed E-state index contributed by atoms with van der Waals surface area (Å²) >= 11 is 0. The van der Waals surface area contributed by atoms with Gasteiger partial charge in [0, 0.05) is 18.6 Å². The van der Waals surface area contributed by atoms with Crippen molar-refractivity contribution in [3.8, 4) is 0 Å². The summed E-state index contributed by atoms with van der Waals surface area (Å²) in [5.41, 5.74) is -0.527. The Labute approximate surface area is 133 Å². The van der Waals surface area contributed by atoms with Gasteiger partial charge in [-0.05, 0) is 46.5 Å². The predicted molar refractivity (Wildman–Crippen MR) is 84.9 cm³/mol. The average Bonchev–Trinajstić information content (AvgIpc) is 2.49. The maximum Gasteiger partial charge on any atom is 0.407 e. The molecule has 6 nitrogen and oxygen atoms in total.